The molecule has 1 aliphatic carbocycles. The maximum atomic E-state index is 11.8. The molecule has 0 aromatic heterocycles. The Bertz CT molecular complexity index is 312. The average molecular weight is 226 g/mol. The van der Waals surface area contributed by atoms with E-state index in [1.807, 2.05) is 0 Å². The molecule has 1 heterocycles. The monoisotopic (exact) mass is 226 g/mol. The third kappa shape index (κ3) is 1.57. The van der Waals surface area contributed by atoms with Gasteiger partial charge in [0.1, 0.15) is 5.60 Å². The van der Waals surface area contributed by atoms with Gasteiger partial charge in [-0.3, -0.25) is 4.79 Å². The van der Waals surface area contributed by atoms with Crippen molar-refractivity contribution in [3.63, 3.8) is 0 Å². The van der Waals surface area contributed by atoms with Crippen LogP contribution < -0.4 is 0 Å². The lowest BCUT2D eigenvalue weighted by Crippen LogP contribution is -2.52. The number of fused-ring (bicyclic) bond motifs is 1. The van der Waals surface area contributed by atoms with Gasteiger partial charge in [-0.15, -0.1) is 0 Å². The van der Waals surface area contributed by atoms with Crippen LogP contribution in [0.25, 0.3) is 0 Å². The van der Waals surface area contributed by atoms with Crippen LogP contribution in [0.2, 0.25) is 0 Å². The molecule has 1 N–H and O–H groups in total. The Balaban J connectivity index is 2.23. The molecule has 0 radical (unpaired) electrons. The zero-order chi connectivity index (χ0) is 11.8. The van der Waals surface area contributed by atoms with Gasteiger partial charge in [-0.1, -0.05) is 6.58 Å². The van der Waals surface area contributed by atoms with Crippen LogP contribution >= 0.6 is 0 Å². The molecule has 0 aromatic rings. The number of esters is 1. The van der Waals surface area contributed by atoms with Gasteiger partial charge in [0.2, 0.25) is 0 Å². The molecule has 1 aliphatic heterocycles. The van der Waals surface area contributed by atoms with Crippen molar-refractivity contribution in [1.82, 2.24) is 0 Å². The number of ether oxygens (including phenoxy) is 2. The maximum Gasteiger partial charge on any atom is 0.312 e. The van der Waals surface area contributed by atoms with Gasteiger partial charge >= 0.3 is 5.97 Å². The van der Waals surface area contributed by atoms with Gasteiger partial charge in [-0.05, 0) is 31.8 Å². The van der Waals surface area contributed by atoms with Crippen LogP contribution in [-0.2, 0) is 14.3 Å². The van der Waals surface area contributed by atoms with E-state index in [1.165, 1.54) is 0 Å². The maximum absolute atomic E-state index is 11.8. The van der Waals surface area contributed by atoms with E-state index < -0.39 is 11.5 Å². The molecule has 0 unspecified atom stereocenters. The SMILES string of the molecule is C=C1CO[C@@H]2CCC[C@H](C(=O)OCC)[C@]12O. The minimum absolute atomic E-state index is 0.289. The van der Waals surface area contributed by atoms with E-state index in [4.69, 9.17) is 9.47 Å². The van der Waals surface area contributed by atoms with Gasteiger partial charge in [0.25, 0.3) is 0 Å². The standard InChI is InChI=1S/C12H18O4/c1-3-15-11(13)9-5-4-6-10-12(9,14)8(2)7-16-10/h9-10,14H,2-7H2,1H3/t9-,10-,12-/m1/s1. The Morgan fingerprint density at radius 1 is 1.69 bits per heavy atom. The predicted octanol–water partition coefficient (Wildman–Crippen LogP) is 1.04. The zero-order valence-electron chi connectivity index (χ0n) is 9.57. The van der Waals surface area contributed by atoms with Crippen molar-refractivity contribution >= 4 is 5.97 Å². The quantitative estimate of drug-likeness (QED) is 0.564. The van der Waals surface area contributed by atoms with Gasteiger partial charge in [0, 0.05) is 0 Å². The van der Waals surface area contributed by atoms with E-state index in [-0.39, 0.29) is 12.1 Å². The highest BCUT2D eigenvalue weighted by Crippen LogP contribution is 2.45. The van der Waals surface area contributed by atoms with Gasteiger partial charge in [0.05, 0.1) is 25.2 Å². The Morgan fingerprint density at radius 2 is 2.44 bits per heavy atom. The second-order valence-corrected chi connectivity index (χ2v) is 4.46. The molecule has 0 bridgehead atoms. The zero-order valence-corrected chi connectivity index (χ0v) is 9.57. The smallest absolute Gasteiger partial charge is 0.312 e. The number of hydrogen-bond donors (Lipinski definition) is 1. The van der Waals surface area contributed by atoms with Crippen LogP contribution in [0.5, 0.6) is 0 Å². The number of rotatable bonds is 2. The highest BCUT2D eigenvalue weighted by Gasteiger charge is 2.56. The highest BCUT2D eigenvalue weighted by molar-refractivity contribution is 5.75. The van der Waals surface area contributed by atoms with Crippen molar-refractivity contribution in [2.24, 2.45) is 5.92 Å². The van der Waals surface area contributed by atoms with Crippen molar-refractivity contribution in [3.8, 4) is 0 Å². The summed E-state index contributed by atoms with van der Waals surface area (Å²) in [6, 6.07) is 0. The first-order valence-corrected chi connectivity index (χ1v) is 5.79. The van der Waals surface area contributed by atoms with Crippen molar-refractivity contribution in [2.45, 2.75) is 37.9 Å². The molecule has 2 fully saturated rings. The number of aliphatic hydroxyl groups is 1. The average Bonchev–Trinajstić information content (AvgIpc) is 2.55. The third-order valence-corrected chi connectivity index (χ3v) is 3.58. The number of carbonyl (C=O) groups is 1. The Labute approximate surface area is 95.2 Å². The van der Waals surface area contributed by atoms with Crippen LogP contribution in [0.4, 0.5) is 0 Å². The van der Waals surface area contributed by atoms with E-state index >= 15 is 0 Å². The molecule has 2 rings (SSSR count). The van der Waals surface area contributed by atoms with Gasteiger partial charge < -0.3 is 14.6 Å². The lowest BCUT2D eigenvalue weighted by atomic mass is 9.71. The van der Waals surface area contributed by atoms with Crippen LogP contribution in [0.15, 0.2) is 12.2 Å². The summed E-state index contributed by atoms with van der Waals surface area (Å²) in [6.07, 6.45) is 2.02. The summed E-state index contributed by atoms with van der Waals surface area (Å²) in [6.45, 7) is 6.27. The largest absolute Gasteiger partial charge is 0.466 e. The van der Waals surface area contributed by atoms with Crippen molar-refractivity contribution < 1.29 is 19.4 Å². The van der Waals surface area contributed by atoms with E-state index in [0.29, 0.717) is 25.2 Å². The summed E-state index contributed by atoms with van der Waals surface area (Å²) in [4.78, 5) is 11.8. The lowest BCUT2D eigenvalue weighted by molar-refractivity contribution is -0.165. The van der Waals surface area contributed by atoms with Crippen molar-refractivity contribution in [3.05, 3.63) is 12.2 Å². The molecule has 3 atom stereocenters. The highest BCUT2D eigenvalue weighted by atomic mass is 16.5. The molecule has 2 aliphatic rings. The molecule has 4 heteroatoms. The van der Waals surface area contributed by atoms with Crippen molar-refractivity contribution in [2.75, 3.05) is 13.2 Å². The fourth-order valence-corrected chi connectivity index (χ4v) is 2.71. The Morgan fingerprint density at radius 3 is 3.12 bits per heavy atom. The van der Waals surface area contributed by atoms with Gasteiger partial charge in [0.15, 0.2) is 0 Å². The summed E-state index contributed by atoms with van der Waals surface area (Å²) in [7, 11) is 0. The molecule has 1 saturated carbocycles. The first-order valence-electron chi connectivity index (χ1n) is 5.79. The summed E-state index contributed by atoms with van der Waals surface area (Å²) in [5.74, 6) is -0.845. The van der Waals surface area contributed by atoms with Crippen LogP contribution in [0, 0.1) is 5.92 Å². The van der Waals surface area contributed by atoms with Crippen LogP contribution in [-0.4, -0.2) is 36.0 Å². The summed E-state index contributed by atoms with van der Waals surface area (Å²) >= 11 is 0. The second-order valence-electron chi connectivity index (χ2n) is 4.46. The van der Waals surface area contributed by atoms with Crippen LogP contribution in [0.1, 0.15) is 26.2 Å². The second kappa shape index (κ2) is 4.18. The summed E-state index contributed by atoms with van der Waals surface area (Å²) in [5.41, 5.74) is -0.597. The van der Waals surface area contributed by atoms with E-state index in [9.17, 15) is 9.90 Å². The van der Waals surface area contributed by atoms with E-state index in [0.717, 1.165) is 12.8 Å². The Hall–Kier alpha value is -0.870. The molecule has 90 valence electrons. The minimum atomic E-state index is -1.20. The molecular formula is C12H18O4. The normalized spacial score (nSPS) is 38.2. The lowest BCUT2D eigenvalue weighted by Gasteiger charge is -2.39. The first-order chi connectivity index (χ1) is 7.60. The number of hydrogen-bond acceptors (Lipinski definition) is 4. The van der Waals surface area contributed by atoms with Gasteiger partial charge in [-0.2, -0.15) is 0 Å². The van der Waals surface area contributed by atoms with E-state index in [1.54, 1.807) is 6.92 Å². The fourth-order valence-electron chi connectivity index (χ4n) is 2.71. The molecule has 4 nitrogen and oxygen atoms in total. The molecule has 0 spiro atoms. The molecule has 16 heavy (non-hydrogen) atoms. The topological polar surface area (TPSA) is 55.8 Å². The minimum Gasteiger partial charge on any atom is -0.466 e. The summed E-state index contributed by atoms with van der Waals surface area (Å²) < 4.78 is 10.5. The first kappa shape index (κ1) is 11.6. The molecule has 1 saturated heterocycles. The van der Waals surface area contributed by atoms with Gasteiger partial charge in [-0.25, -0.2) is 0 Å². The molecular weight excluding hydrogens is 208 g/mol. The van der Waals surface area contributed by atoms with E-state index in [2.05, 4.69) is 6.58 Å². The molecule has 0 amide bonds. The molecule has 0 aromatic carbocycles. The Kier molecular flexibility index (Phi) is 3.04. The van der Waals surface area contributed by atoms with Crippen LogP contribution in [0.3, 0.4) is 0 Å². The summed E-state index contributed by atoms with van der Waals surface area (Å²) in [5, 5.41) is 10.6. The third-order valence-electron chi connectivity index (χ3n) is 3.58. The fraction of sp³-hybridized carbons (Fsp3) is 0.750. The van der Waals surface area contributed by atoms with Crippen molar-refractivity contribution in [1.29, 1.82) is 0 Å². The predicted molar refractivity (Wildman–Crippen MR) is 57.8 cm³/mol. The number of carbonyl (C=O) groups excluding carboxylic acids is 1.